The lowest BCUT2D eigenvalue weighted by molar-refractivity contribution is 0.296. The fraction of sp³-hybridized carbons (Fsp3) is 0.133. The number of methoxy groups -OCH3 is 1. The molecular formula is C15H15ClN2O3. The molecule has 110 valence electrons. The van der Waals surface area contributed by atoms with Crippen molar-refractivity contribution in [2.24, 2.45) is 10.9 Å². The first-order chi connectivity index (χ1) is 10.1. The molecular weight excluding hydrogens is 292 g/mol. The highest BCUT2D eigenvalue weighted by atomic mass is 35.5. The van der Waals surface area contributed by atoms with E-state index >= 15 is 0 Å². The smallest absolute Gasteiger partial charge is 0.170 e. The fourth-order valence-electron chi connectivity index (χ4n) is 1.82. The molecule has 0 heterocycles. The van der Waals surface area contributed by atoms with Gasteiger partial charge in [0.25, 0.3) is 0 Å². The maximum atomic E-state index is 8.68. The topological polar surface area (TPSA) is 77.1 Å². The van der Waals surface area contributed by atoms with Crippen LogP contribution in [0.5, 0.6) is 11.5 Å². The van der Waals surface area contributed by atoms with Gasteiger partial charge in [0.1, 0.15) is 18.1 Å². The highest BCUT2D eigenvalue weighted by Gasteiger charge is 2.06. The van der Waals surface area contributed by atoms with Crippen molar-refractivity contribution in [2.75, 3.05) is 7.11 Å². The Balaban J connectivity index is 2.15. The third-order valence-electron chi connectivity index (χ3n) is 2.87. The van der Waals surface area contributed by atoms with Gasteiger partial charge < -0.3 is 20.4 Å². The number of ether oxygens (including phenoxy) is 2. The van der Waals surface area contributed by atoms with E-state index in [1.54, 1.807) is 49.6 Å². The lowest BCUT2D eigenvalue weighted by atomic mass is 10.2. The lowest BCUT2D eigenvalue weighted by Crippen LogP contribution is -2.12. The standard InChI is InChI=1S/C15H15ClN2O3/c1-20-14-6-5-12(16)7-11(14)9-21-13-4-2-3-10(8-13)15(17)18-19/h2-8,19H,9H2,1H3,(H2,17,18). The van der Waals surface area contributed by atoms with E-state index in [4.69, 9.17) is 32.0 Å². The summed E-state index contributed by atoms with van der Waals surface area (Å²) < 4.78 is 11.0. The maximum absolute atomic E-state index is 8.68. The molecule has 0 amide bonds. The molecule has 0 saturated heterocycles. The Morgan fingerprint density at radius 2 is 2.10 bits per heavy atom. The highest BCUT2D eigenvalue weighted by Crippen LogP contribution is 2.24. The SMILES string of the molecule is COc1ccc(Cl)cc1COc1cccc(/C(N)=N/O)c1. The van der Waals surface area contributed by atoms with E-state index in [0.29, 0.717) is 28.7 Å². The molecule has 0 aromatic heterocycles. The van der Waals surface area contributed by atoms with Crippen molar-refractivity contribution >= 4 is 17.4 Å². The molecule has 2 rings (SSSR count). The van der Waals surface area contributed by atoms with Crippen LogP contribution in [0, 0.1) is 0 Å². The minimum Gasteiger partial charge on any atom is -0.496 e. The van der Waals surface area contributed by atoms with Gasteiger partial charge in [-0.2, -0.15) is 0 Å². The summed E-state index contributed by atoms with van der Waals surface area (Å²) >= 11 is 5.97. The molecule has 0 atom stereocenters. The number of amidine groups is 1. The number of oxime groups is 1. The van der Waals surface area contributed by atoms with E-state index in [9.17, 15) is 0 Å². The van der Waals surface area contributed by atoms with Gasteiger partial charge in [0.2, 0.25) is 0 Å². The summed E-state index contributed by atoms with van der Waals surface area (Å²) in [7, 11) is 1.59. The van der Waals surface area contributed by atoms with Crippen LogP contribution in [0.2, 0.25) is 5.02 Å². The lowest BCUT2D eigenvalue weighted by Gasteiger charge is -2.11. The third kappa shape index (κ3) is 3.79. The van der Waals surface area contributed by atoms with Crippen molar-refractivity contribution in [3.05, 3.63) is 58.6 Å². The van der Waals surface area contributed by atoms with Gasteiger partial charge in [-0.15, -0.1) is 0 Å². The molecule has 0 fully saturated rings. The van der Waals surface area contributed by atoms with Gasteiger partial charge in [-0.05, 0) is 30.3 Å². The second kappa shape index (κ2) is 6.85. The summed E-state index contributed by atoms with van der Waals surface area (Å²) in [5.74, 6) is 1.33. The number of nitrogens with zero attached hydrogens (tertiary/aromatic N) is 1. The number of hydrogen-bond acceptors (Lipinski definition) is 4. The first-order valence-electron chi connectivity index (χ1n) is 6.17. The Morgan fingerprint density at radius 1 is 1.29 bits per heavy atom. The molecule has 0 saturated carbocycles. The summed E-state index contributed by atoms with van der Waals surface area (Å²) in [5, 5.41) is 12.2. The van der Waals surface area contributed by atoms with E-state index in [1.807, 2.05) is 0 Å². The van der Waals surface area contributed by atoms with Gasteiger partial charge in [-0.25, -0.2) is 0 Å². The zero-order chi connectivity index (χ0) is 15.2. The molecule has 0 radical (unpaired) electrons. The van der Waals surface area contributed by atoms with Crippen molar-refractivity contribution < 1.29 is 14.7 Å². The summed E-state index contributed by atoms with van der Waals surface area (Å²) in [5.41, 5.74) is 6.95. The minimum absolute atomic E-state index is 0.0285. The number of hydrogen-bond donors (Lipinski definition) is 2. The molecule has 0 aliphatic rings. The molecule has 0 bridgehead atoms. The molecule has 0 spiro atoms. The van der Waals surface area contributed by atoms with E-state index in [2.05, 4.69) is 5.16 Å². The predicted octanol–water partition coefficient (Wildman–Crippen LogP) is 3.02. The van der Waals surface area contributed by atoms with Gasteiger partial charge >= 0.3 is 0 Å². The molecule has 3 N–H and O–H groups in total. The second-order valence-electron chi connectivity index (χ2n) is 4.26. The fourth-order valence-corrected chi connectivity index (χ4v) is 2.02. The van der Waals surface area contributed by atoms with Crippen LogP contribution in [0.3, 0.4) is 0 Å². The first kappa shape index (κ1) is 15.0. The molecule has 0 unspecified atom stereocenters. The van der Waals surface area contributed by atoms with Crippen molar-refractivity contribution in [3.8, 4) is 11.5 Å². The second-order valence-corrected chi connectivity index (χ2v) is 4.69. The Labute approximate surface area is 127 Å². The molecule has 0 aliphatic heterocycles. The van der Waals surface area contributed by atoms with E-state index in [0.717, 1.165) is 5.56 Å². The van der Waals surface area contributed by atoms with Crippen LogP contribution in [0.15, 0.2) is 47.6 Å². The van der Waals surface area contributed by atoms with Crippen molar-refractivity contribution in [1.82, 2.24) is 0 Å². The Bertz CT molecular complexity index is 659. The highest BCUT2D eigenvalue weighted by molar-refractivity contribution is 6.30. The Kier molecular flexibility index (Phi) is 4.90. The quantitative estimate of drug-likeness (QED) is 0.385. The van der Waals surface area contributed by atoms with Crippen molar-refractivity contribution in [1.29, 1.82) is 0 Å². The van der Waals surface area contributed by atoms with Crippen molar-refractivity contribution in [2.45, 2.75) is 6.61 Å². The normalized spacial score (nSPS) is 11.2. The zero-order valence-electron chi connectivity index (χ0n) is 11.4. The van der Waals surface area contributed by atoms with Gasteiger partial charge in [-0.3, -0.25) is 0 Å². The van der Waals surface area contributed by atoms with Crippen LogP contribution >= 0.6 is 11.6 Å². The van der Waals surface area contributed by atoms with Gasteiger partial charge in [-0.1, -0.05) is 28.9 Å². The van der Waals surface area contributed by atoms with Gasteiger partial charge in [0.05, 0.1) is 7.11 Å². The molecule has 0 aliphatic carbocycles. The average Bonchev–Trinajstić information content (AvgIpc) is 2.52. The van der Waals surface area contributed by atoms with Crippen LogP contribution < -0.4 is 15.2 Å². The third-order valence-corrected chi connectivity index (χ3v) is 3.11. The number of benzene rings is 2. The van der Waals surface area contributed by atoms with Crippen LogP contribution in [0.25, 0.3) is 0 Å². The summed E-state index contributed by atoms with van der Waals surface area (Å²) in [6.07, 6.45) is 0. The van der Waals surface area contributed by atoms with E-state index in [1.165, 1.54) is 0 Å². The van der Waals surface area contributed by atoms with Crippen LogP contribution in [-0.2, 0) is 6.61 Å². The maximum Gasteiger partial charge on any atom is 0.170 e. The summed E-state index contributed by atoms with van der Waals surface area (Å²) in [6.45, 7) is 0.295. The van der Waals surface area contributed by atoms with Gasteiger partial charge in [0, 0.05) is 16.1 Å². The molecule has 5 nitrogen and oxygen atoms in total. The number of halogens is 1. The number of rotatable bonds is 5. The molecule has 2 aromatic carbocycles. The predicted molar refractivity (Wildman–Crippen MR) is 81.3 cm³/mol. The summed E-state index contributed by atoms with van der Waals surface area (Å²) in [6, 6.07) is 12.3. The Morgan fingerprint density at radius 3 is 2.81 bits per heavy atom. The monoisotopic (exact) mass is 306 g/mol. The van der Waals surface area contributed by atoms with Crippen LogP contribution in [0.1, 0.15) is 11.1 Å². The van der Waals surface area contributed by atoms with E-state index < -0.39 is 0 Å². The van der Waals surface area contributed by atoms with Crippen molar-refractivity contribution in [3.63, 3.8) is 0 Å². The molecule has 21 heavy (non-hydrogen) atoms. The summed E-state index contributed by atoms with van der Waals surface area (Å²) in [4.78, 5) is 0. The largest absolute Gasteiger partial charge is 0.496 e. The molecule has 6 heteroatoms. The van der Waals surface area contributed by atoms with Gasteiger partial charge in [0.15, 0.2) is 5.84 Å². The number of nitrogens with two attached hydrogens (primary N) is 1. The first-order valence-corrected chi connectivity index (χ1v) is 6.55. The van der Waals surface area contributed by atoms with E-state index in [-0.39, 0.29) is 5.84 Å². The zero-order valence-corrected chi connectivity index (χ0v) is 12.2. The minimum atomic E-state index is 0.0285. The van der Waals surface area contributed by atoms with Crippen LogP contribution in [0.4, 0.5) is 0 Å². The Hall–Kier alpha value is -2.40. The molecule has 2 aromatic rings. The van der Waals surface area contributed by atoms with Crippen LogP contribution in [-0.4, -0.2) is 18.2 Å². The average molecular weight is 307 g/mol.